The van der Waals surface area contributed by atoms with Gasteiger partial charge in [-0.3, -0.25) is 4.57 Å². The average molecular weight is 180 g/mol. The molecule has 0 spiro atoms. The van der Waals surface area contributed by atoms with Gasteiger partial charge < -0.3 is 14.2 Å². The maximum atomic E-state index is 11.4. The Morgan fingerprint density at radius 3 is 2.45 bits per heavy atom. The molecule has 66 valence electrons. The highest BCUT2D eigenvalue weighted by atomic mass is 31.2. The van der Waals surface area contributed by atoms with Crippen molar-refractivity contribution in [1.82, 2.24) is 0 Å². The maximum Gasteiger partial charge on any atom is 0.359 e. The van der Waals surface area contributed by atoms with Gasteiger partial charge in [0.15, 0.2) is 5.85 Å². The van der Waals surface area contributed by atoms with E-state index >= 15 is 0 Å². The van der Waals surface area contributed by atoms with E-state index in [0.29, 0.717) is 0 Å². The van der Waals surface area contributed by atoms with Gasteiger partial charge in [-0.05, 0) is 0 Å². The summed E-state index contributed by atoms with van der Waals surface area (Å²) in [6, 6.07) is 0. The van der Waals surface area contributed by atoms with Crippen molar-refractivity contribution in [1.29, 1.82) is 0 Å². The number of aliphatic hydroxyl groups excluding tert-OH is 1. The molecule has 1 saturated heterocycles. The van der Waals surface area contributed by atoms with Crippen molar-refractivity contribution in [2.45, 2.75) is 19.7 Å². The molecular weight excluding hydrogens is 167 g/mol. The first-order valence-electron chi connectivity index (χ1n) is 3.40. The minimum Gasteiger partial charge on any atom is -0.380 e. The number of hydrogen-bond donors (Lipinski definition) is 1. The van der Waals surface area contributed by atoms with E-state index in [1.54, 1.807) is 13.8 Å². The Morgan fingerprint density at radius 2 is 2.27 bits per heavy atom. The van der Waals surface area contributed by atoms with E-state index < -0.39 is 18.9 Å². The standard InChI is InChI=1S/C6H13O4P/c1-6(2)4-10-11(8,9-3)5(6)7/h5,7H,4H2,1-3H3. The van der Waals surface area contributed by atoms with E-state index in [4.69, 9.17) is 4.52 Å². The molecule has 0 saturated carbocycles. The molecule has 1 N–H and O–H groups in total. The summed E-state index contributed by atoms with van der Waals surface area (Å²) in [5.74, 6) is -1.00. The normalized spacial score (nSPS) is 42.7. The van der Waals surface area contributed by atoms with Crippen LogP contribution in [0.1, 0.15) is 13.8 Å². The van der Waals surface area contributed by atoms with Crippen LogP contribution in [0.3, 0.4) is 0 Å². The lowest BCUT2D eigenvalue weighted by Crippen LogP contribution is -2.25. The van der Waals surface area contributed by atoms with Gasteiger partial charge in [-0.1, -0.05) is 13.8 Å². The first-order chi connectivity index (χ1) is 4.92. The predicted octanol–water partition coefficient (Wildman–Crippen LogP) is 1.20. The molecule has 0 bridgehead atoms. The SMILES string of the molecule is COP1(=O)OCC(C)(C)C1O. The predicted molar refractivity (Wildman–Crippen MR) is 40.4 cm³/mol. The highest BCUT2D eigenvalue weighted by molar-refractivity contribution is 7.54. The Kier molecular flexibility index (Phi) is 2.14. The zero-order valence-electron chi connectivity index (χ0n) is 6.90. The van der Waals surface area contributed by atoms with E-state index in [0.717, 1.165) is 0 Å². The van der Waals surface area contributed by atoms with Gasteiger partial charge in [0.1, 0.15) is 0 Å². The summed E-state index contributed by atoms with van der Waals surface area (Å²) in [4.78, 5) is 0. The molecule has 0 aromatic carbocycles. The van der Waals surface area contributed by atoms with Crippen LogP contribution in [0.25, 0.3) is 0 Å². The molecule has 1 aliphatic heterocycles. The van der Waals surface area contributed by atoms with Crippen molar-refractivity contribution >= 4 is 7.60 Å². The number of aliphatic hydroxyl groups is 1. The summed E-state index contributed by atoms with van der Waals surface area (Å²) >= 11 is 0. The molecule has 0 aromatic rings. The zero-order valence-corrected chi connectivity index (χ0v) is 7.80. The molecule has 0 radical (unpaired) electrons. The highest BCUT2D eigenvalue weighted by Crippen LogP contribution is 2.62. The molecule has 2 atom stereocenters. The average Bonchev–Trinajstić information content (AvgIpc) is 2.16. The Hall–Kier alpha value is 0.110. The van der Waals surface area contributed by atoms with Crippen molar-refractivity contribution in [3.8, 4) is 0 Å². The van der Waals surface area contributed by atoms with Gasteiger partial charge in [-0.25, -0.2) is 0 Å². The van der Waals surface area contributed by atoms with Gasteiger partial charge in [-0.15, -0.1) is 0 Å². The van der Waals surface area contributed by atoms with Crippen LogP contribution in [0.2, 0.25) is 0 Å². The van der Waals surface area contributed by atoms with E-state index in [1.807, 2.05) is 0 Å². The van der Waals surface area contributed by atoms with Crippen LogP contribution in [0.4, 0.5) is 0 Å². The minimum atomic E-state index is -3.21. The molecular formula is C6H13O4P. The van der Waals surface area contributed by atoms with Crippen LogP contribution >= 0.6 is 7.60 Å². The Morgan fingerprint density at radius 1 is 1.73 bits per heavy atom. The largest absolute Gasteiger partial charge is 0.380 e. The molecule has 0 aliphatic carbocycles. The van der Waals surface area contributed by atoms with Gasteiger partial charge in [-0.2, -0.15) is 0 Å². The lowest BCUT2D eigenvalue weighted by atomic mass is 9.96. The van der Waals surface area contributed by atoms with E-state index in [2.05, 4.69) is 4.52 Å². The Bertz CT molecular complexity index is 201. The van der Waals surface area contributed by atoms with Crippen LogP contribution in [0.15, 0.2) is 0 Å². The van der Waals surface area contributed by atoms with Crippen molar-refractivity contribution in [2.75, 3.05) is 13.7 Å². The molecule has 1 rings (SSSR count). The summed E-state index contributed by atoms with van der Waals surface area (Å²) in [6.07, 6.45) is 0. The van der Waals surface area contributed by atoms with E-state index in [9.17, 15) is 9.67 Å². The molecule has 11 heavy (non-hydrogen) atoms. The fourth-order valence-electron chi connectivity index (χ4n) is 0.982. The van der Waals surface area contributed by atoms with Gasteiger partial charge in [0.05, 0.1) is 6.61 Å². The summed E-state index contributed by atoms with van der Waals surface area (Å²) in [6.45, 7) is 3.85. The van der Waals surface area contributed by atoms with Crippen LogP contribution in [0, 0.1) is 5.41 Å². The monoisotopic (exact) mass is 180 g/mol. The third-order valence-corrected chi connectivity index (χ3v) is 4.17. The van der Waals surface area contributed by atoms with Gasteiger partial charge in [0.25, 0.3) is 0 Å². The Balaban J connectivity index is 2.87. The zero-order chi connectivity index (χ0) is 8.70. The molecule has 1 fully saturated rings. The van der Waals surface area contributed by atoms with Crippen LogP contribution in [-0.4, -0.2) is 24.7 Å². The first kappa shape index (κ1) is 9.20. The lowest BCUT2D eigenvalue weighted by molar-refractivity contribution is 0.117. The number of hydrogen-bond acceptors (Lipinski definition) is 4. The van der Waals surface area contributed by atoms with Crippen LogP contribution in [0.5, 0.6) is 0 Å². The summed E-state index contributed by atoms with van der Waals surface area (Å²) in [7, 11) is -1.92. The second-order valence-electron chi connectivity index (χ2n) is 3.36. The summed E-state index contributed by atoms with van der Waals surface area (Å²) in [5.41, 5.74) is -0.467. The van der Waals surface area contributed by atoms with Crippen molar-refractivity contribution in [3.05, 3.63) is 0 Å². The topological polar surface area (TPSA) is 55.8 Å². The second kappa shape index (κ2) is 2.56. The third kappa shape index (κ3) is 1.36. The fourth-order valence-corrected chi connectivity index (χ4v) is 2.87. The highest BCUT2D eigenvalue weighted by Gasteiger charge is 2.51. The van der Waals surface area contributed by atoms with Gasteiger partial charge in [0, 0.05) is 12.5 Å². The maximum absolute atomic E-state index is 11.4. The third-order valence-electron chi connectivity index (χ3n) is 1.87. The number of rotatable bonds is 1. The molecule has 1 aliphatic rings. The summed E-state index contributed by atoms with van der Waals surface area (Å²) < 4.78 is 21.0. The fraction of sp³-hybridized carbons (Fsp3) is 1.00. The quantitative estimate of drug-likeness (QED) is 0.616. The van der Waals surface area contributed by atoms with E-state index in [1.165, 1.54) is 7.11 Å². The van der Waals surface area contributed by atoms with Crippen molar-refractivity contribution in [3.63, 3.8) is 0 Å². The van der Waals surface area contributed by atoms with Gasteiger partial charge in [0.2, 0.25) is 0 Å². The van der Waals surface area contributed by atoms with E-state index in [-0.39, 0.29) is 6.61 Å². The van der Waals surface area contributed by atoms with Crippen LogP contribution in [-0.2, 0) is 13.6 Å². The Labute approximate surface area is 66.0 Å². The van der Waals surface area contributed by atoms with Crippen molar-refractivity contribution < 1.29 is 18.7 Å². The lowest BCUT2D eigenvalue weighted by Gasteiger charge is -2.20. The molecule has 2 unspecified atom stereocenters. The van der Waals surface area contributed by atoms with Gasteiger partial charge >= 0.3 is 7.60 Å². The first-order valence-corrected chi connectivity index (χ1v) is 5.02. The molecule has 5 heteroatoms. The molecule has 0 aromatic heterocycles. The molecule has 4 nitrogen and oxygen atoms in total. The smallest absolute Gasteiger partial charge is 0.359 e. The minimum absolute atomic E-state index is 0.277. The molecule has 1 heterocycles. The molecule has 0 amide bonds. The second-order valence-corrected chi connectivity index (χ2v) is 5.55. The van der Waals surface area contributed by atoms with Crippen molar-refractivity contribution in [2.24, 2.45) is 5.41 Å². The summed E-state index contributed by atoms with van der Waals surface area (Å²) in [5, 5.41) is 9.46. The van der Waals surface area contributed by atoms with Crippen LogP contribution < -0.4 is 0 Å².